The first-order valence-corrected chi connectivity index (χ1v) is 6.92. The van der Waals surface area contributed by atoms with E-state index in [9.17, 15) is 24.4 Å². The second kappa shape index (κ2) is 7.17. The van der Waals surface area contributed by atoms with E-state index in [-0.39, 0.29) is 22.8 Å². The maximum absolute atomic E-state index is 13.1. The van der Waals surface area contributed by atoms with Crippen LogP contribution < -0.4 is 5.32 Å². The number of halogens is 2. The van der Waals surface area contributed by atoms with Gasteiger partial charge in [-0.25, -0.2) is 4.39 Å². The van der Waals surface area contributed by atoms with E-state index in [1.807, 2.05) is 0 Å². The Hall–Kier alpha value is -2.51. The zero-order valence-corrected chi connectivity index (χ0v) is 12.5. The second-order valence-electron chi connectivity index (χ2n) is 4.70. The van der Waals surface area contributed by atoms with Crippen LogP contribution in [0.3, 0.4) is 0 Å². The molecule has 0 spiro atoms. The number of hydrogen-bond donors (Lipinski definition) is 2. The number of aliphatic hydroxyl groups is 1. The third-order valence-electron chi connectivity index (χ3n) is 3.10. The molecule has 2 N–H and O–H groups in total. The van der Waals surface area contributed by atoms with Gasteiger partial charge in [0.05, 0.1) is 11.0 Å². The average Bonchev–Trinajstić information content (AvgIpc) is 2.51. The zero-order valence-electron chi connectivity index (χ0n) is 11.7. The second-order valence-corrected chi connectivity index (χ2v) is 5.11. The molecule has 1 atom stereocenters. The first kappa shape index (κ1) is 16.9. The van der Waals surface area contributed by atoms with E-state index < -0.39 is 22.8 Å². The van der Waals surface area contributed by atoms with E-state index in [2.05, 4.69) is 5.32 Å². The molecule has 0 aliphatic heterocycles. The SMILES string of the molecule is O=C(NC[C@H](O)c1cccc(F)c1)c1ccc([N+](=O)[O-])c(Cl)c1. The molecule has 0 radical (unpaired) electrons. The molecule has 0 aromatic heterocycles. The molecule has 6 nitrogen and oxygen atoms in total. The predicted octanol–water partition coefficient (Wildman–Crippen LogP) is 2.85. The summed E-state index contributed by atoms with van der Waals surface area (Å²) in [5, 5.41) is 22.9. The third-order valence-corrected chi connectivity index (χ3v) is 3.40. The molecule has 0 bridgehead atoms. The van der Waals surface area contributed by atoms with Gasteiger partial charge in [-0.1, -0.05) is 23.7 Å². The normalized spacial score (nSPS) is 11.8. The van der Waals surface area contributed by atoms with E-state index in [0.717, 1.165) is 6.07 Å². The molecular weight excluding hydrogens is 327 g/mol. The number of carbonyl (C=O) groups is 1. The summed E-state index contributed by atoms with van der Waals surface area (Å²) in [5.74, 6) is -1.05. The highest BCUT2D eigenvalue weighted by Gasteiger charge is 2.16. The van der Waals surface area contributed by atoms with Crippen LogP contribution in [0, 0.1) is 15.9 Å². The maximum Gasteiger partial charge on any atom is 0.287 e. The smallest absolute Gasteiger partial charge is 0.287 e. The maximum atomic E-state index is 13.1. The molecule has 8 heteroatoms. The lowest BCUT2D eigenvalue weighted by molar-refractivity contribution is -0.384. The van der Waals surface area contributed by atoms with Crippen molar-refractivity contribution in [2.75, 3.05) is 6.54 Å². The Bertz CT molecular complexity index is 754. The largest absolute Gasteiger partial charge is 0.387 e. The molecule has 2 aromatic carbocycles. The first-order chi connectivity index (χ1) is 10.9. The molecule has 2 rings (SSSR count). The van der Waals surface area contributed by atoms with E-state index in [4.69, 9.17) is 11.6 Å². The standard InChI is InChI=1S/C15H12ClFN2O4/c16-12-7-10(4-5-13(12)19(22)23)15(21)18-8-14(20)9-2-1-3-11(17)6-9/h1-7,14,20H,8H2,(H,18,21)/t14-/m0/s1. The fraction of sp³-hybridized carbons (Fsp3) is 0.133. The van der Waals surface area contributed by atoms with Crippen molar-refractivity contribution in [3.05, 3.63) is 74.5 Å². The van der Waals surface area contributed by atoms with Gasteiger partial charge < -0.3 is 10.4 Å². The Balaban J connectivity index is 2.02. The molecule has 120 valence electrons. The number of aliphatic hydroxyl groups excluding tert-OH is 1. The minimum absolute atomic E-state index is 0.118. The number of amides is 1. The van der Waals surface area contributed by atoms with Crippen molar-refractivity contribution in [1.82, 2.24) is 5.32 Å². The number of hydrogen-bond acceptors (Lipinski definition) is 4. The molecule has 0 unspecified atom stereocenters. The van der Waals surface area contributed by atoms with Gasteiger partial charge in [0.25, 0.3) is 11.6 Å². The highest BCUT2D eigenvalue weighted by atomic mass is 35.5. The number of nitro benzene ring substituents is 1. The lowest BCUT2D eigenvalue weighted by atomic mass is 10.1. The number of rotatable bonds is 5. The van der Waals surface area contributed by atoms with Gasteiger partial charge in [-0.15, -0.1) is 0 Å². The van der Waals surface area contributed by atoms with Crippen molar-refractivity contribution in [1.29, 1.82) is 0 Å². The van der Waals surface area contributed by atoms with Gasteiger partial charge >= 0.3 is 0 Å². The summed E-state index contributed by atoms with van der Waals surface area (Å²) < 4.78 is 13.1. The molecule has 0 heterocycles. The molecule has 2 aromatic rings. The Morgan fingerprint density at radius 2 is 2.09 bits per heavy atom. The number of benzene rings is 2. The quantitative estimate of drug-likeness (QED) is 0.647. The lowest BCUT2D eigenvalue weighted by Gasteiger charge is -2.12. The summed E-state index contributed by atoms with van der Waals surface area (Å²) in [5.41, 5.74) is 0.141. The van der Waals surface area contributed by atoms with Crippen molar-refractivity contribution in [2.24, 2.45) is 0 Å². The van der Waals surface area contributed by atoms with Crippen LogP contribution in [0.1, 0.15) is 22.0 Å². The van der Waals surface area contributed by atoms with E-state index >= 15 is 0 Å². The molecule has 0 aliphatic rings. The average molecular weight is 339 g/mol. The zero-order chi connectivity index (χ0) is 17.0. The topological polar surface area (TPSA) is 92.5 Å². The van der Waals surface area contributed by atoms with Crippen LogP contribution in [0.4, 0.5) is 10.1 Å². The molecular formula is C15H12ClFN2O4. The molecule has 23 heavy (non-hydrogen) atoms. The van der Waals surface area contributed by atoms with Crippen molar-refractivity contribution < 1.29 is 19.2 Å². The Labute approximate surface area is 135 Å². The van der Waals surface area contributed by atoms with Crippen LogP contribution in [0.2, 0.25) is 5.02 Å². The highest BCUT2D eigenvalue weighted by Crippen LogP contribution is 2.25. The molecule has 0 saturated carbocycles. The van der Waals surface area contributed by atoms with Crippen LogP contribution in [0.25, 0.3) is 0 Å². The molecule has 1 amide bonds. The minimum Gasteiger partial charge on any atom is -0.387 e. The number of nitro groups is 1. The fourth-order valence-electron chi connectivity index (χ4n) is 1.92. The van der Waals surface area contributed by atoms with Gasteiger partial charge in [0, 0.05) is 18.2 Å². The van der Waals surface area contributed by atoms with Crippen LogP contribution in [-0.2, 0) is 0 Å². The van der Waals surface area contributed by atoms with Crippen molar-refractivity contribution >= 4 is 23.2 Å². The van der Waals surface area contributed by atoms with Gasteiger partial charge in [0.2, 0.25) is 0 Å². The monoisotopic (exact) mass is 338 g/mol. The number of nitrogens with zero attached hydrogens (tertiary/aromatic N) is 1. The summed E-state index contributed by atoms with van der Waals surface area (Å²) in [6.45, 7) is -0.142. The summed E-state index contributed by atoms with van der Waals surface area (Å²) in [6.07, 6.45) is -1.08. The van der Waals surface area contributed by atoms with Gasteiger partial charge in [0.15, 0.2) is 0 Å². The van der Waals surface area contributed by atoms with Crippen LogP contribution in [-0.4, -0.2) is 22.5 Å². The number of carbonyl (C=O) groups excluding carboxylic acids is 1. The molecule has 0 fully saturated rings. The van der Waals surface area contributed by atoms with Crippen molar-refractivity contribution in [3.8, 4) is 0 Å². The fourth-order valence-corrected chi connectivity index (χ4v) is 2.17. The summed E-state index contributed by atoms with van der Waals surface area (Å²) >= 11 is 5.73. The molecule has 0 aliphatic carbocycles. The molecule has 0 saturated heterocycles. The number of nitrogens with one attached hydrogen (secondary N) is 1. The first-order valence-electron chi connectivity index (χ1n) is 6.54. The van der Waals surface area contributed by atoms with E-state index in [1.54, 1.807) is 0 Å². The van der Waals surface area contributed by atoms with Crippen LogP contribution in [0.5, 0.6) is 0 Å². The Kier molecular flexibility index (Phi) is 5.25. The lowest BCUT2D eigenvalue weighted by Crippen LogP contribution is -2.28. The van der Waals surface area contributed by atoms with Gasteiger partial charge in [-0.2, -0.15) is 0 Å². The van der Waals surface area contributed by atoms with Gasteiger partial charge in [-0.05, 0) is 29.8 Å². The summed E-state index contributed by atoms with van der Waals surface area (Å²) in [4.78, 5) is 22.0. The van der Waals surface area contributed by atoms with Gasteiger partial charge in [-0.3, -0.25) is 14.9 Å². The van der Waals surface area contributed by atoms with E-state index in [0.29, 0.717) is 5.56 Å². The van der Waals surface area contributed by atoms with E-state index in [1.165, 1.54) is 36.4 Å². The van der Waals surface area contributed by atoms with Crippen molar-refractivity contribution in [3.63, 3.8) is 0 Å². The van der Waals surface area contributed by atoms with Crippen LogP contribution in [0.15, 0.2) is 42.5 Å². The summed E-state index contributed by atoms with van der Waals surface area (Å²) in [6, 6.07) is 8.94. The highest BCUT2D eigenvalue weighted by molar-refractivity contribution is 6.33. The van der Waals surface area contributed by atoms with Gasteiger partial charge in [0.1, 0.15) is 10.8 Å². The van der Waals surface area contributed by atoms with Crippen molar-refractivity contribution in [2.45, 2.75) is 6.10 Å². The Morgan fingerprint density at radius 1 is 1.35 bits per heavy atom. The third kappa shape index (κ3) is 4.24. The predicted molar refractivity (Wildman–Crippen MR) is 81.8 cm³/mol. The summed E-state index contributed by atoms with van der Waals surface area (Å²) in [7, 11) is 0. The van der Waals surface area contributed by atoms with Crippen LogP contribution >= 0.6 is 11.6 Å². The minimum atomic E-state index is -1.08. The Morgan fingerprint density at radius 3 is 2.70 bits per heavy atom.